The van der Waals surface area contributed by atoms with Gasteiger partial charge in [-0.15, -0.1) is 0 Å². The Labute approximate surface area is 196 Å². The summed E-state index contributed by atoms with van der Waals surface area (Å²) in [7, 11) is 0. The second-order valence-corrected chi connectivity index (χ2v) is 8.55. The number of nitrogens with zero attached hydrogens (tertiary/aromatic N) is 3. The number of carbonyl (C=O) groups excluding carboxylic acids is 1. The Bertz CT molecular complexity index is 1040. The molecule has 1 aromatic heterocycles. The van der Waals surface area contributed by atoms with E-state index in [1.54, 1.807) is 12.1 Å². The number of hydrogen-bond donors (Lipinski definition) is 1. The Morgan fingerprint density at radius 2 is 1.58 bits per heavy atom. The fourth-order valence-electron chi connectivity index (χ4n) is 4.12. The molecule has 0 bridgehead atoms. The fourth-order valence-corrected chi connectivity index (χ4v) is 4.12. The van der Waals surface area contributed by atoms with E-state index in [1.807, 2.05) is 48.7 Å². The molecule has 1 aliphatic heterocycles. The van der Waals surface area contributed by atoms with E-state index in [9.17, 15) is 4.79 Å². The van der Waals surface area contributed by atoms with Crippen LogP contribution in [0.3, 0.4) is 0 Å². The molecule has 3 aromatic rings. The Morgan fingerprint density at radius 3 is 2.21 bits per heavy atom. The number of ether oxygens (including phenoxy) is 1. The zero-order chi connectivity index (χ0) is 23.0. The maximum absolute atomic E-state index is 11.2. The highest BCUT2D eigenvalue weighted by Gasteiger charge is 2.17. The van der Waals surface area contributed by atoms with Crippen molar-refractivity contribution in [1.82, 2.24) is 14.8 Å². The van der Waals surface area contributed by atoms with Gasteiger partial charge in [-0.1, -0.05) is 30.3 Å². The summed E-state index contributed by atoms with van der Waals surface area (Å²) in [6.45, 7) is 9.19. The summed E-state index contributed by atoms with van der Waals surface area (Å²) in [6, 6.07) is 19.5. The van der Waals surface area contributed by atoms with Gasteiger partial charge in [0.25, 0.3) is 0 Å². The smallest absolute Gasteiger partial charge is 0.248 e. The van der Waals surface area contributed by atoms with Gasteiger partial charge in [0.05, 0.1) is 12.3 Å². The molecule has 1 amide bonds. The predicted molar refractivity (Wildman–Crippen MR) is 131 cm³/mol. The minimum absolute atomic E-state index is 0.410. The zero-order valence-corrected chi connectivity index (χ0v) is 19.2. The van der Waals surface area contributed by atoms with Crippen LogP contribution in [0.5, 0.6) is 5.75 Å². The fraction of sp³-hybridized carbons (Fsp3) is 0.333. The van der Waals surface area contributed by atoms with E-state index in [0.29, 0.717) is 12.2 Å². The lowest BCUT2D eigenvalue weighted by atomic mass is 10.0. The minimum atomic E-state index is -0.410. The van der Waals surface area contributed by atoms with Gasteiger partial charge in [-0.05, 0) is 60.4 Å². The van der Waals surface area contributed by atoms with Crippen LogP contribution in [0.1, 0.15) is 28.0 Å². The molecule has 4 rings (SSSR count). The largest absolute Gasteiger partial charge is 0.494 e. The minimum Gasteiger partial charge on any atom is -0.494 e. The molecule has 0 saturated carbocycles. The molecule has 6 heteroatoms. The van der Waals surface area contributed by atoms with E-state index < -0.39 is 5.91 Å². The monoisotopic (exact) mass is 444 g/mol. The quantitative estimate of drug-likeness (QED) is 0.509. The summed E-state index contributed by atoms with van der Waals surface area (Å²) in [6.07, 6.45) is 2.89. The highest BCUT2D eigenvalue weighted by Crippen LogP contribution is 2.23. The van der Waals surface area contributed by atoms with Gasteiger partial charge in [-0.3, -0.25) is 14.7 Å². The molecule has 33 heavy (non-hydrogen) atoms. The lowest BCUT2D eigenvalue weighted by molar-refractivity contribution is 0.100. The molecule has 1 aliphatic rings. The van der Waals surface area contributed by atoms with Gasteiger partial charge in [0.2, 0.25) is 5.91 Å². The van der Waals surface area contributed by atoms with Crippen LogP contribution in [0.4, 0.5) is 0 Å². The van der Waals surface area contributed by atoms with E-state index in [4.69, 9.17) is 10.5 Å². The number of piperazine rings is 1. The van der Waals surface area contributed by atoms with Gasteiger partial charge in [-0.2, -0.15) is 0 Å². The number of pyridine rings is 1. The van der Waals surface area contributed by atoms with Crippen LogP contribution in [0.25, 0.3) is 11.1 Å². The highest BCUT2D eigenvalue weighted by molar-refractivity contribution is 5.93. The van der Waals surface area contributed by atoms with Gasteiger partial charge >= 0.3 is 0 Å². The van der Waals surface area contributed by atoms with E-state index in [0.717, 1.165) is 62.6 Å². The van der Waals surface area contributed by atoms with Crippen molar-refractivity contribution in [1.29, 1.82) is 0 Å². The number of benzene rings is 2. The molecule has 172 valence electrons. The maximum atomic E-state index is 11.2. The third-order valence-electron chi connectivity index (χ3n) is 6.20. The van der Waals surface area contributed by atoms with Gasteiger partial charge in [-0.25, -0.2) is 0 Å². The van der Waals surface area contributed by atoms with Crippen molar-refractivity contribution < 1.29 is 9.53 Å². The standard InChI is InChI=1S/C27H32N4O2/c1-21-4-2-13-29-26(21)20-31-17-15-30(16-18-31)14-3-19-33-25-11-9-23(10-12-25)22-5-7-24(8-6-22)27(28)32/h2,4-13H,3,14-20H2,1H3,(H2,28,32). The van der Waals surface area contributed by atoms with Crippen molar-refractivity contribution in [3.05, 3.63) is 83.7 Å². The van der Waals surface area contributed by atoms with Crippen molar-refractivity contribution >= 4 is 5.91 Å². The number of primary amides is 1. The number of rotatable bonds is 9. The number of nitrogens with two attached hydrogens (primary N) is 1. The summed E-state index contributed by atoms with van der Waals surface area (Å²) in [5.74, 6) is 0.467. The molecule has 1 fully saturated rings. The van der Waals surface area contributed by atoms with Crippen molar-refractivity contribution in [2.45, 2.75) is 19.9 Å². The maximum Gasteiger partial charge on any atom is 0.248 e. The van der Waals surface area contributed by atoms with Crippen LogP contribution >= 0.6 is 0 Å². The Morgan fingerprint density at radius 1 is 0.939 bits per heavy atom. The summed E-state index contributed by atoms with van der Waals surface area (Å²) < 4.78 is 5.95. The first-order chi connectivity index (χ1) is 16.1. The third kappa shape index (κ3) is 6.40. The van der Waals surface area contributed by atoms with E-state index >= 15 is 0 Å². The normalized spacial score (nSPS) is 14.8. The summed E-state index contributed by atoms with van der Waals surface area (Å²) in [5, 5.41) is 0. The molecule has 1 saturated heterocycles. The number of carbonyl (C=O) groups is 1. The molecule has 2 heterocycles. The van der Waals surface area contributed by atoms with Crippen LogP contribution in [0.2, 0.25) is 0 Å². The van der Waals surface area contributed by atoms with Gasteiger partial charge in [0.1, 0.15) is 5.75 Å². The summed E-state index contributed by atoms with van der Waals surface area (Å²) >= 11 is 0. The van der Waals surface area contributed by atoms with Crippen molar-refractivity contribution in [3.8, 4) is 16.9 Å². The predicted octanol–water partition coefficient (Wildman–Crippen LogP) is 3.74. The van der Waals surface area contributed by atoms with E-state index in [2.05, 4.69) is 27.8 Å². The molecule has 2 aromatic carbocycles. The number of aromatic nitrogens is 1. The molecular formula is C27H32N4O2. The van der Waals surface area contributed by atoms with Crippen molar-refractivity contribution in [2.75, 3.05) is 39.3 Å². The number of aryl methyl sites for hydroxylation is 1. The first-order valence-electron chi connectivity index (χ1n) is 11.6. The Hall–Kier alpha value is -3.22. The second-order valence-electron chi connectivity index (χ2n) is 8.55. The first-order valence-corrected chi connectivity index (χ1v) is 11.6. The molecule has 6 nitrogen and oxygen atoms in total. The molecule has 2 N–H and O–H groups in total. The molecular weight excluding hydrogens is 412 g/mol. The molecule has 0 spiro atoms. The molecule has 0 atom stereocenters. The first kappa shape index (κ1) is 23.0. The highest BCUT2D eigenvalue weighted by atomic mass is 16.5. The molecule has 0 radical (unpaired) electrons. The van der Waals surface area contributed by atoms with Crippen LogP contribution in [0, 0.1) is 6.92 Å². The van der Waals surface area contributed by atoms with Crippen LogP contribution in [-0.4, -0.2) is 60.0 Å². The Kier molecular flexibility index (Phi) is 7.70. The van der Waals surface area contributed by atoms with Gasteiger partial charge in [0.15, 0.2) is 0 Å². The lowest BCUT2D eigenvalue weighted by Gasteiger charge is -2.34. The van der Waals surface area contributed by atoms with E-state index in [1.165, 1.54) is 11.3 Å². The van der Waals surface area contributed by atoms with Crippen LogP contribution < -0.4 is 10.5 Å². The Balaban J connectivity index is 1.15. The number of amides is 1. The third-order valence-corrected chi connectivity index (χ3v) is 6.20. The van der Waals surface area contributed by atoms with E-state index in [-0.39, 0.29) is 0 Å². The summed E-state index contributed by atoms with van der Waals surface area (Å²) in [5.41, 5.74) is 10.4. The second kappa shape index (κ2) is 11.1. The molecule has 0 aliphatic carbocycles. The SMILES string of the molecule is Cc1cccnc1CN1CCN(CCCOc2ccc(-c3ccc(C(N)=O)cc3)cc2)CC1. The molecule has 0 unspecified atom stereocenters. The summed E-state index contributed by atoms with van der Waals surface area (Å²) in [4.78, 5) is 20.7. The average Bonchev–Trinajstić information content (AvgIpc) is 2.85. The van der Waals surface area contributed by atoms with Gasteiger partial charge < -0.3 is 15.4 Å². The lowest BCUT2D eigenvalue weighted by Crippen LogP contribution is -2.46. The van der Waals surface area contributed by atoms with Crippen molar-refractivity contribution in [3.63, 3.8) is 0 Å². The van der Waals surface area contributed by atoms with Gasteiger partial charge in [0, 0.05) is 51.0 Å². The van der Waals surface area contributed by atoms with Crippen LogP contribution in [-0.2, 0) is 6.54 Å². The zero-order valence-electron chi connectivity index (χ0n) is 19.2. The van der Waals surface area contributed by atoms with Crippen molar-refractivity contribution in [2.24, 2.45) is 5.73 Å². The van der Waals surface area contributed by atoms with Crippen LogP contribution in [0.15, 0.2) is 66.9 Å². The average molecular weight is 445 g/mol. The number of hydrogen-bond acceptors (Lipinski definition) is 5. The topological polar surface area (TPSA) is 71.7 Å².